The number of halogens is 2. The van der Waals surface area contributed by atoms with Crippen molar-refractivity contribution in [3.8, 4) is 0 Å². The van der Waals surface area contributed by atoms with Gasteiger partial charge in [0.1, 0.15) is 5.82 Å². The molecular weight excluding hydrogens is 525 g/mol. The number of carbonyl (C=O) groups excluding carboxylic acids is 3. The number of hydrogen-bond acceptors (Lipinski definition) is 5. The molecule has 2 aromatic carbocycles. The Labute approximate surface area is 230 Å². The Balaban J connectivity index is 1.20. The molecule has 2 aliphatic rings. The van der Waals surface area contributed by atoms with Gasteiger partial charge in [0.15, 0.2) is 0 Å². The lowest BCUT2D eigenvalue weighted by atomic mass is 9.96. The lowest BCUT2D eigenvalue weighted by molar-refractivity contribution is 0.0923. The van der Waals surface area contributed by atoms with Gasteiger partial charge in [0.2, 0.25) is 5.91 Å². The number of rotatable bonds is 7. The molecule has 2 fully saturated rings. The van der Waals surface area contributed by atoms with Gasteiger partial charge in [-0.3, -0.25) is 14.4 Å². The molecule has 3 heterocycles. The Morgan fingerprint density at radius 3 is 2.21 bits per heavy atom. The molecule has 2 unspecified atom stereocenters. The average molecular weight is 552 g/mol. The molecule has 5 rings (SSSR count). The number of fused-ring (bicyclic) bond motifs is 2. The summed E-state index contributed by atoms with van der Waals surface area (Å²) < 4.78 is 0. The zero-order valence-corrected chi connectivity index (χ0v) is 22.0. The van der Waals surface area contributed by atoms with Crippen molar-refractivity contribution in [3.05, 3.63) is 93.1 Å². The maximum atomic E-state index is 13.0. The van der Waals surface area contributed by atoms with E-state index in [1.165, 1.54) is 12.1 Å². The van der Waals surface area contributed by atoms with Crippen LogP contribution in [0.25, 0.3) is 0 Å². The molecule has 3 amide bonds. The van der Waals surface area contributed by atoms with Crippen LogP contribution < -0.4 is 21.3 Å². The van der Waals surface area contributed by atoms with Gasteiger partial charge >= 0.3 is 0 Å². The number of hydrogen-bond donors (Lipinski definition) is 3. The molecule has 0 radical (unpaired) electrons. The highest BCUT2D eigenvalue weighted by Crippen LogP contribution is 2.39. The SMILES string of the molecule is NC(=O)c1cc(Cl)c(C(=O)NC2CC3CCC(C2)N3c2ccc(C(=O)NCc3ccccc3)cn2)cc1Cl. The molecule has 8 nitrogen and oxygen atoms in total. The minimum absolute atomic E-state index is 0.0371. The van der Waals surface area contributed by atoms with Crippen LogP contribution in [0.1, 0.15) is 62.3 Å². The molecule has 4 N–H and O–H groups in total. The third kappa shape index (κ3) is 5.47. The van der Waals surface area contributed by atoms with Crippen LogP contribution in [0.2, 0.25) is 10.0 Å². The summed E-state index contributed by atoms with van der Waals surface area (Å²) in [6.07, 6.45) is 5.13. The molecule has 0 spiro atoms. The number of primary amides is 1. The Kier molecular flexibility index (Phi) is 7.53. The number of benzene rings is 2. The van der Waals surface area contributed by atoms with Crippen LogP contribution in [-0.2, 0) is 6.54 Å². The highest BCUT2D eigenvalue weighted by Gasteiger charge is 2.42. The lowest BCUT2D eigenvalue weighted by Gasteiger charge is -2.40. The van der Waals surface area contributed by atoms with Crippen molar-refractivity contribution < 1.29 is 14.4 Å². The molecule has 196 valence electrons. The van der Waals surface area contributed by atoms with Gasteiger partial charge in [-0.15, -0.1) is 0 Å². The second kappa shape index (κ2) is 11.0. The van der Waals surface area contributed by atoms with Gasteiger partial charge in [-0.05, 0) is 55.5 Å². The van der Waals surface area contributed by atoms with Gasteiger partial charge in [-0.25, -0.2) is 4.98 Å². The topological polar surface area (TPSA) is 117 Å². The van der Waals surface area contributed by atoms with Crippen molar-refractivity contribution in [1.82, 2.24) is 15.6 Å². The standard InChI is InChI=1S/C28H27Cl2N5O3/c29-23-13-22(24(30)12-21(23)26(31)36)28(38)34-18-10-19-7-8-20(11-18)35(19)25-9-6-17(15-32-25)27(37)33-14-16-4-2-1-3-5-16/h1-6,9,12-13,15,18-20H,7-8,10-11,14H2,(H2,31,36)(H,33,37)(H,34,38). The minimum atomic E-state index is -0.706. The van der Waals surface area contributed by atoms with Crippen molar-refractivity contribution in [1.29, 1.82) is 0 Å². The Bertz CT molecular complexity index is 1350. The summed E-state index contributed by atoms with van der Waals surface area (Å²) in [7, 11) is 0. The van der Waals surface area contributed by atoms with Crippen LogP contribution >= 0.6 is 23.2 Å². The molecule has 38 heavy (non-hydrogen) atoms. The fourth-order valence-corrected chi connectivity index (χ4v) is 5.90. The number of aromatic nitrogens is 1. The van der Waals surface area contributed by atoms with E-state index < -0.39 is 5.91 Å². The monoisotopic (exact) mass is 551 g/mol. The average Bonchev–Trinajstić information content (AvgIpc) is 3.18. The van der Waals surface area contributed by atoms with E-state index >= 15 is 0 Å². The predicted octanol–water partition coefficient (Wildman–Crippen LogP) is 4.35. The molecular formula is C28H27Cl2N5O3. The van der Waals surface area contributed by atoms with E-state index in [9.17, 15) is 14.4 Å². The Morgan fingerprint density at radius 2 is 1.58 bits per heavy atom. The molecule has 0 saturated carbocycles. The van der Waals surface area contributed by atoms with Crippen molar-refractivity contribution in [2.75, 3.05) is 4.90 Å². The summed E-state index contributed by atoms with van der Waals surface area (Å²) in [4.78, 5) is 43.9. The zero-order chi connectivity index (χ0) is 26.8. The van der Waals surface area contributed by atoms with Crippen LogP contribution in [0.15, 0.2) is 60.8 Å². The van der Waals surface area contributed by atoms with Crippen LogP contribution in [0.4, 0.5) is 5.82 Å². The van der Waals surface area contributed by atoms with Crippen LogP contribution in [0.5, 0.6) is 0 Å². The van der Waals surface area contributed by atoms with Crippen molar-refractivity contribution in [2.45, 2.75) is 50.4 Å². The van der Waals surface area contributed by atoms with Gasteiger partial charge in [-0.1, -0.05) is 53.5 Å². The van der Waals surface area contributed by atoms with Gasteiger partial charge in [0, 0.05) is 30.9 Å². The molecule has 2 saturated heterocycles. The fraction of sp³-hybridized carbons (Fsp3) is 0.286. The largest absolute Gasteiger partial charge is 0.366 e. The van der Waals surface area contributed by atoms with E-state index in [0.29, 0.717) is 12.1 Å². The summed E-state index contributed by atoms with van der Waals surface area (Å²) >= 11 is 12.4. The molecule has 0 aliphatic carbocycles. The number of piperidine rings is 1. The first kappa shape index (κ1) is 26.0. The summed E-state index contributed by atoms with van der Waals surface area (Å²) in [5.74, 6) is -0.379. The summed E-state index contributed by atoms with van der Waals surface area (Å²) in [5, 5.41) is 6.21. The van der Waals surface area contributed by atoms with Gasteiger partial charge in [0.25, 0.3) is 11.8 Å². The summed E-state index contributed by atoms with van der Waals surface area (Å²) in [6.45, 7) is 0.456. The quantitative estimate of drug-likeness (QED) is 0.403. The fourth-order valence-electron chi connectivity index (χ4n) is 5.40. The van der Waals surface area contributed by atoms with Gasteiger partial charge in [0.05, 0.1) is 26.7 Å². The minimum Gasteiger partial charge on any atom is -0.366 e. The Hall–Kier alpha value is -3.62. The third-order valence-corrected chi connectivity index (χ3v) is 7.83. The number of nitrogens with zero attached hydrogens (tertiary/aromatic N) is 2. The summed E-state index contributed by atoms with van der Waals surface area (Å²) in [6, 6.07) is 16.6. The van der Waals surface area contributed by atoms with Crippen molar-refractivity contribution in [2.24, 2.45) is 5.73 Å². The van der Waals surface area contributed by atoms with Gasteiger partial charge < -0.3 is 21.3 Å². The zero-order valence-electron chi connectivity index (χ0n) is 20.5. The maximum Gasteiger partial charge on any atom is 0.253 e. The predicted molar refractivity (Wildman–Crippen MR) is 147 cm³/mol. The van der Waals surface area contributed by atoms with E-state index in [1.54, 1.807) is 12.3 Å². The maximum absolute atomic E-state index is 13.0. The van der Waals surface area contributed by atoms with E-state index in [1.807, 2.05) is 36.4 Å². The number of nitrogens with two attached hydrogens (primary N) is 1. The smallest absolute Gasteiger partial charge is 0.253 e. The van der Waals surface area contributed by atoms with E-state index in [4.69, 9.17) is 28.9 Å². The summed E-state index contributed by atoms with van der Waals surface area (Å²) in [5.41, 5.74) is 7.13. The lowest BCUT2D eigenvalue weighted by Crippen LogP contribution is -2.50. The van der Waals surface area contributed by atoms with Crippen LogP contribution in [0, 0.1) is 0 Å². The Morgan fingerprint density at radius 1 is 0.921 bits per heavy atom. The number of nitrogens with one attached hydrogen (secondary N) is 2. The first-order valence-electron chi connectivity index (χ1n) is 12.5. The van der Waals surface area contributed by atoms with Crippen LogP contribution in [0.3, 0.4) is 0 Å². The van der Waals surface area contributed by atoms with E-state index in [0.717, 1.165) is 37.1 Å². The molecule has 2 bridgehead atoms. The first-order chi connectivity index (χ1) is 18.3. The molecule has 1 aromatic heterocycles. The van der Waals surface area contributed by atoms with E-state index in [2.05, 4.69) is 20.5 Å². The number of pyridine rings is 1. The van der Waals surface area contributed by atoms with Gasteiger partial charge in [-0.2, -0.15) is 0 Å². The molecule has 2 atom stereocenters. The first-order valence-corrected chi connectivity index (χ1v) is 13.2. The van der Waals surface area contributed by atoms with E-state index in [-0.39, 0.29) is 51.1 Å². The number of anilines is 1. The number of carbonyl (C=O) groups is 3. The molecule has 10 heteroatoms. The van der Waals surface area contributed by atoms with Crippen LogP contribution in [-0.4, -0.2) is 40.8 Å². The second-order valence-electron chi connectivity index (χ2n) is 9.68. The highest BCUT2D eigenvalue weighted by atomic mass is 35.5. The second-order valence-corrected chi connectivity index (χ2v) is 10.5. The molecule has 3 aromatic rings. The number of amides is 3. The van der Waals surface area contributed by atoms with Crippen molar-refractivity contribution >= 4 is 46.7 Å². The molecule has 2 aliphatic heterocycles. The third-order valence-electron chi connectivity index (χ3n) is 7.21. The van der Waals surface area contributed by atoms with Crippen molar-refractivity contribution in [3.63, 3.8) is 0 Å². The highest BCUT2D eigenvalue weighted by molar-refractivity contribution is 6.38. The normalized spacial score (nSPS) is 20.2.